The van der Waals surface area contributed by atoms with Gasteiger partial charge in [-0.05, 0) is 41.5 Å². The summed E-state index contributed by atoms with van der Waals surface area (Å²) in [6.45, 7) is 3.75. The Hall–Kier alpha value is -1.65. The van der Waals surface area contributed by atoms with Crippen LogP contribution in [-0.4, -0.2) is 24.5 Å². The molecule has 0 radical (unpaired) electrons. The smallest absolute Gasteiger partial charge is 0.327 e. The second kappa shape index (κ2) is 6.00. The van der Waals surface area contributed by atoms with E-state index in [1.807, 2.05) is 42.5 Å². The van der Waals surface area contributed by atoms with Crippen LogP contribution in [0.3, 0.4) is 0 Å². The summed E-state index contributed by atoms with van der Waals surface area (Å²) in [6, 6.07) is 9.91. The molecular formula is C17H19NO2S. The molecule has 0 spiro atoms. The van der Waals surface area contributed by atoms with Gasteiger partial charge in [0.2, 0.25) is 0 Å². The lowest BCUT2D eigenvalue weighted by atomic mass is 9.97. The fourth-order valence-corrected chi connectivity index (χ4v) is 3.86. The zero-order chi connectivity index (χ0) is 14.8. The number of hydrogen-bond acceptors (Lipinski definition) is 4. The van der Waals surface area contributed by atoms with Gasteiger partial charge in [0.05, 0.1) is 7.11 Å². The maximum absolute atomic E-state index is 12.4. The normalized spacial score (nSPS) is 16.3. The topological polar surface area (TPSA) is 29.5 Å². The lowest BCUT2D eigenvalue weighted by molar-refractivity contribution is -0.147. The number of esters is 1. The predicted molar refractivity (Wildman–Crippen MR) is 84.4 cm³/mol. The standard InChI is InChI=1S/C17H19NO2S/c1-12-5-3-4-6-14(12)16(17(19)20-2)18-9-7-15-13(11-18)8-10-21-15/h3-6,8,10,16H,7,9,11H2,1-2H3/t16-/m1/s1. The summed E-state index contributed by atoms with van der Waals surface area (Å²) in [5.41, 5.74) is 3.51. The minimum atomic E-state index is -0.316. The summed E-state index contributed by atoms with van der Waals surface area (Å²) in [5, 5.41) is 2.13. The Morgan fingerprint density at radius 3 is 2.90 bits per heavy atom. The fraction of sp³-hybridized carbons (Fsp3) is 0.353. The van der Waals surface area contributed by atoms with Crippen LogP contribution in [0, 0.1) is 6.92 Å². The third kappa shape index (κ3) is 2.74. The lowest BCUT2D eigenvalue weighted by Crippen LogP contribution is -2.38. The Bertz CT molecular complexity index is 650. The van der Waals surface area contributed by atoms with Gasteiger partial charge in [-0.15, -0.1) is 11.3 Å². The number of ether oxygens (including phenoxy) is 1. The van der Waals surface area contributed by atoms with Crippen LogP contribution < -0.4 is 0 Å². The maximum atomic E-state index is 12.4. The van der Waals surface area contributed by atoms with Crippen LogP contribution in [0.25, 0.3) is 0 Å². The number of carbonyl (C=O) groups excluding carboxylic acids is 1. The van der Waals surface area contributed by atoms with Crippen molar-refractivity contribution in [2.75, 3.05) is 13.7 Å². The average Bonchev–Trinajstić information content (AvgIpc) is 2.97. The van der Waals surface area contributed by atoms with Crippen LogP contribution in [0.2, 0.25) is 0 Å². The molecule has 0 amide bonds. The molecule has 2 aromatic rings. The highest BCUT2D eigenvalue weighted by molar-refractivity contribution is 7.10. The first-order chi connectivity index (χ1) is 10.2. The molecule has 0 unspecified atom stereocenters. The van der Waals surface area contributed by atoms with Gasteiger partial charge >= 0.3 is 5.97 Å². The molecule has 0 saturated heterocycles. The van der Waals surface area contributed by atoms with E-state index in [1.54, 1.807) is 0 Å². The molecule has 1 aromatic carbocycles. The second-order valence-corrected chi connectivity index (χ2v) is 6.37. The quantitative estimate of drug-likeness (QED) is 0.814. The highest BCUT2D eigenvalue weighted by atomic mass is 32.1. The van der Waals surface area contributed by atoms with Crippen molar-refractivity contribution in [3.63, 3.8) is 0 Å². The molecule has 1 aliphatic heterocycles. The zero-order valence-corrected chi connectivity index (χ0v) is 13.2. The van der Waals surface area contributed by atoms with E-state index in [0.717, 1.165) is 30.6 Å². The number of methoxy groups -OCH3 is 1. The summed E-state index contributed by atoms with van der Waals surface area (Å²) in [4.78, 5) is 16.0. The van der Waals surface area contributed by atoms with Crippen LogP contribution in [0.1, 0.15) is 27.6 Å². The predicted octanol–water partition coefficient (Wildman–Crippen LogP) is 3.33. The summed E-state index contributed by atoms with van der Waals surface area (Å²) in [6.07, 6.45) is 1.01. The van der Waals surface area contributed by atoms with Crippen molar-refractivity contribution >= 4 is 17.3 Å². The molecule has 0 fully saturated rings. The number of thiophene rings is 1. The molecule has 0 saturated carbocycles. The summed E-state index contributed by atoms with van der Waals surface area (Å²) < 4.78 is 5.07. The zero-order valence-electron chi connectivity index (χ0n) is 12.3. The third-order valence-electron chi connectivity index (χ3n) is 4.11. The van der Waals surface area contributed by atoms with Crippen LogP contribution in [0.15, 0.2) is 35.7 Å². The Labute approximate surface area is 129 Å². The molecule has 3 rings (SSSR count). The van der Waals surface area contributed by atoms with Gasteiger partial charge in [-0.3, -0.25) is 4.90 Å². The minimum absolute atomic E-state index is 0.178. The van der Waals surface area contributed by atoms with E-state index in [-0.39, 0.29) is 12.0 Å². The number of aryl methyl sites for hydroxylation is 1. The SMILES string of the molecule is COC(=O)[C@@H](c1ccccc1C)N1CCc2sccc2C1. The molecule has 110 valence electrons. The summed E-state index contributed by atoms with van der Waals surface area (Å²) >= 11 is 1.81. The van der Waals surface area contributed by atoms with Gasteiger partial charge in [0.1, 0.15) is 6.04 Å². The molecule has 21 heavy (non-hydrogen) atoms. The van der Waals surface area contributed by atoms with Gasteiger partial charge in [0.15, 0.2) is 0 Å². The fourth-order valence-electron chi connectivity index (χ4n) is 2.97. The first-order valence-electron chi connectivity index (χ1n) is 7.13. The van der Waals surface area contributed by atoms with Gasteiger partial charge < -0.3 is 4.74 Å². The molecule has 1 aliphatic rings. The van der Waals surface area contributed by atoms with Crippen molar-refractivity contribution in [3.05, 3.63) is 57.3 Å². The maximum Gasteiger partial charge on any atom is 0.327 e. The minimum Gasteiger partial charge on any atom is -0.468 e. The van der Waals surface area contributed by atoms with Gasteiger partial charge in [-0.25, -0.2) is 4.79 Å². The van der Waals surface area contributed by atoms with Crippen molar-refractivity contribution < 1.29 is 9.53 Å². The molecule has 0 N–H and O–H groups in total. The first kappa shape index (κ1) is 14.3. The highest BCUT2D eigenvalue weighted by Crippen LogP contribution is 2.32. The van der Waals surface area contributed by atoms with Crippen LogP contribution in [0.5, 0.6) is 0 Å². The van der Waals surface area contributed by atoms with E-state index in [9.17, 15) is 4.79 Å². The third-order valence-corrected chi connectivity index (χ3v) is 5.13. The molecule has 3 nitrogen and oxygen atoms in total. The molecule has 4 heteroatoms. The van der Waals surface area contributed by atoms with E-state index < -0.39 is 0 Å². The van der Waals surface area contributed by atoms with E-state index in [0.29, 0.717) is 0 Å². The van der Waals surface area contributed by atoms with Crippen molar-refractivity contribution in [1.29, 1.82) is 0 Å². The Balaban J connectivity index is 1.94. The number of benzene rings is 1. The molecule has 2 heterocycles. The van der Waals surface area contributed by atoms with E-state index in [1.165, 1.54) is 17.6 Å². The molecule has 0 bridgehead atoms. The largest absolute Gasteiger partial charge is 0.468 e. The Morgan fingerprint density at radius 1 is 1.33 bits per heavy atom. The van der Waals surface area contributed by atoms with E-state index in [4.69, 9.17) is 4.74 Å². The number of rotatable bonds is 3. The van der Waals surface area contributed by atoms with Gasteiger partial charge in [-0.1, -0.05) is 24.3 Å². The first-order valence-corrected chi connectivity index (χ1v) is 8.01. The number of fused-ring (bicyclic) bond motifs is 1. The number of nitrogens with zero attached hydrogens (tertiary/aromatic N) is 1. The average molecular weight is 301 g/mol. The Morgan fingerprint density at radius 2 is 2.14 bits per heavy atom. The van der Waals surface area contributed by atoms with Crippen molar-refractivity contribution in [2.45, 2.75) is 25.9 Å². The van der Waals surface area contributed by atoms with Crippen LogP contribution >= 0.6 is 11.3 Å². The molecular weight excluding hydrogens is 282 g/mol. The lowest BCUT2D eigenvalue weighted by Gasteiger charge is -2.33. The van der Waals surface area contributed by atoms with Crippen LogP contribution in [0.4, 0.5) is 0 Å². The molecule has 1 atom stereocenters. The van der Waals surface area contributed by atoms with Gasteiger partial charge in [0, 0.05) is 18.0 Å². The number of hydrogen-bond donors (Lipinski definition) is 0. The van der Waals surface area contributed by atoms with Crippen molar-refractivity contribution in [2.24, 2.45) is 0 Å². The second-order valence-electron chi connectivity index (χ2n) is 5.37. The van der Waals surface area contributed by atoms with E-state index in [2.05, 4.69) is 16.3 Å². The van der Waals surface area contributed by atoms with Gasteiger partial charge in [-0.2, -0.15) is 0 Å². The monoisotopic (exact) mass is 301 g/mol. The number of carbonyl (C=O) groups is 1. The molecule has 1 aromatic heterocycles. The Kier molecular flexibility index (Phi) is 4.08. The summed E-state index contributed by atoms with van der Waals surface area (Å²) in [7, 11) is 1.47. The van der Waals surface area contributed by atoms with E-state index >= 15 is 0 Å². The van der Waals surface area contributed by atoms with Gasteiger partial charge in [0.25, 0.3) is 0 Å². The van der Waals surface area contributed by atoms with Crippen molar-refractivity contribution in [3.8, 4) is 0 Å². The van der Waals surface area contributed by atoms with Crippen LogP contribution in [-0.2, 0) is 22.5 Å². The van der Waals surface area contributed by atoms with Crippen molar-refractivity contribution in [1.82, 2.24) is 4.90 Å². The highest BCUT2D eigenvalue weighted by Gasteiger charge is 2.32. The molecule has 0 aliphatic carbocycles. The summed E-state index contributed by atoms with van der Waals surface area (Å²) in [5.74, 6) is -0.178.